The Hall–Kier alpha value is -2.12. The Morgan fingerprint density at radius 1 is 1.23 bits per heavy atom. The van der Waals surface area contributed by atoms with Crippen LogP contribution in [-0.2, 0) is 9.47 Å². The summed E-state index contributed by atoms with van der Waals surface area (Å²) in [7, 11) is 0. The van der Waals surface area contributed by atoms with E-state index in [2.05, 4.69) is 5.32 Å². The van der Waals surface area contributed by atoms with Crippen LogP contribution in [0.5, 0.6) is 0 Å². The summed E-state index contributed by atoms with van der Waals surface area (Å²) in [6.07, 6.45) is 1.66. The van der Waals surface area contributed by atoms with Gasteiger partial charge in [-0.05, 0) is 31.2 Å². The first-order valence-corrected chi connectivity index (χ1v) is 9.27. The number of urea groups is 1. The molecule has 0 bridgehead atoms. The lowest BCUT2D eigenvalue weighted by molar-refractivity contribution is -0.176. The van der Waals surface area contributed by atoms with E-state index in [9.17, 15) is 9.59 Å². The third-order valence-electron chi connectivity index (χ3n) is 5.38. The molecule has 3 amide bonds. The standard InChI is InChI=1S/C19H25N3O4/c1-14-12-21(13-19(26-14)6-10-25-11-7-19)17(23)15-2-4-16(5-3-15)22-9-8-20-18(22)24/h2-5,14H,6-13H2,1H3,(H,20,24). The minimum absolute atomic E-state index is 0.0124. The highest BCUT2D eigenvalue weighted by Gasteiger charge is 2.42. The Kier molecular flexibility index (Phi) is 4.58. The molecule has 4 rings (SSSR count). The van der Waals surface area contributed by atoms with Crippen molar-refractivity contribution in [3.8, 4) is 0 Å². The fraction of sp³-hybridized carbons (Fsp3) is 0.579. The van der Waals surface area contributed by atoms with E-state index in [1.807, 2.05) is 24.0 Å². The van der Waals surface area contributed by atoms with Gasteiger partial charge in [0.15, 0.2) is 0 Å². The van der Waals surface area contributed by atoms with Gasteiger partial charge in [-0.2, -0.15) is 0 Å². The van der Waals surface area contributed by atoms with Gasteiger partial charge in [0.1, 0.15) is 0 Å². The second-order valence-electron chi connectivity index (χ2n) is 7.34. The zero-order chi connectivity index (χ0) is 18.1. The molecule has 1 atom stereocenters. The number of benzene rings is 1. The first kappa shape index (κ1) is 17.3. The summed E-state index contributed by atoms with van der Waals surface area (Å²) in [5.41, 5.74) is 1.18. The van der Waals surface area contributed by atoms with Gasteiger partial charge < -0.3 is 19.7 Å². The molecule has 3 aliphatic rings. The number of nitrogens with zero attached hydrogens (tertiary/aromatic N) is 2. The number of ether oxygens (including phenoxy) is 2. The molecule has 3 heterocycles. The Labute approximate surface area is 153 Å². The number of hydrogen-bond acceptors (Lipinski definition) is 4. The molecule has 3 fully saturated rings. The smallest absolute Gasteiger partial charge is 0.321 e. The molecule has 26 heavy (non-hydrogen) atoms. The third-order valence-corrected chi connectivity index (χ3v) is 5.38. The van der Waals surface area contributed by atoms with E-state index in [1.165, 1.54) is 0 Å². The minimum Gasteiger partial charge on any atom is -0.381 e. The summed E-state index contributed by atoms with van der Waals surface area (Å²) in [5, 5.41) is 2.78. The zero-order valence-electron chi connectivity index (χ0n) is 15.1. The Morgan fingerprint density at radius 3 is 2.62 bits per heavy atom. The summed E-state index contributed by atoms with van der Waals surface area (Å²) in [6.45, 7) is 5.89. The summed E-state index contributed by atoms with van der Waals surface area (Å²) in [6, 6.07) is 7.20. The molecule has 0 radical (unpaired) electrons. The molecule has 1 aromatic carbocycles. The highest BCUT2D eigenvalue weighted by atomic mass is 16.5. The van der Waals surface area contributed by atoms with Crippen LogP contribution in [0.3, 0.4) is 0 Å². The van der Waals surface area contributed by atoms with Crippen LogP contribution in [-0.4, -0.2) is 67.9 Å². The lowest BCUT2D eigenvalue weighted by Gasteiger charge is -2.47. The molecule has 0 saturated carbocycles. The van der Waals surface area contributed by atoms with Gasteiger partial charge in [0.2, 0.25) is 0 Å². The number of anilines is 1. The number of rotatable bonds is 2. The van der Waals surface area contributed by atoms with Gasteiger partial charge in [-0.15, -0.1) is 0 Å². The molecule has 1 aromatic rings. The van der Waals surface area contributed by atoms with Gasteiger partial charge in [0.25, 0.3) is 5.91 Å². The first-order chi connectivity index (χ1) is 12.6. The van der Waals surface area contributed by atoms with Crippen molar-refractivity contribution in [3.63, 3.8) is 0 Å². The summed E-state index contributed by atoms with van der Waals surface area (Å²) in [5.74, 6) is 0.0171. The molecule has 7 nitrogen and oxygen atoms in total. The van der Waals surface area contributed by atoms with E-state index in [-0.39, 0.29) is 23.6 Å². The van der Waals surface area contributed by atoms with Crippen LogP contribution in [0.15, 0.2) is 24.3 Å². The number of carbonyl (C=O) groups is 2. The van der Waals surface area contributed by atoms with Gasteiger partial charge in [-0.1, -0.05) is 0 Å². The van der Waals surface area contributed by atoms with Crippen molar-refractivity contribution in [3.05, 3.63) is 29.8 Å². The predicted molar refractivity (Wildman–Crippen MR) is 96.4 cm³/mol. The van der Waals surface area contributed by atoms with E-state index in [0.717, 1.165) is 18.5 Å². The summed E-state index contributed by atoms with van der Waals surface area (Å²) in [4.78, 5) is 28.4. The second-order valence-corrected chi connectivity index (χ2v) is 7.34. The van der Waals surface area contributed by atoms with Crippen LogP contribution >= 0.6 is 0 Å². The van der Waals surface area contributed by atoms with E-state index in [1.54, 1.807) is 17.0 Å². The highest BCUT2D eigenvalue weighted by Crippen LogP contribution is 2.32. The van der Waals surface area contributed by atoms with Gasteiger partial charge in [-0.25, -0.2) is 4.79 Å². The molecule has 140 valence electrons. The fourth-order valence-electron chi connectivity index (χ4n) is 4.08. The topological polar surface area (TPSA) is 71.1 Å². The molecule has 3 aliphatic heterocycles. The lowest BCUT2D eigenvalue weighted by atomic mass is 9.91. The largest absolute Gasteiger partial charge is 0.381 e. The molecular weight excluding hydrogens is 334 g/mol. The van der Waals surface area contributed by atoms with Crippen LogP contribution in [0.25, 0.3) is 0 Å². The van der Waals surface area contributed by atoms with Crippen LogP contribution in [0.1, 0.15) is 30.1 Å². The number of nitrogens with one attached hydrogen (secondary N) is 1. The molecule has 3 saturated heterocycles. The molecule has 1 N–H and O–H groups in total. The van der Waals surface area contributed by atoms with Crippen molar-refractivity contribution in [1.29, 1.82) is 0 Å². The number of amides is 3. The molecular formula is C19H25N3O4. The lowest BCUT2D eigenvalue weighted by Crippen LogP contribution is -2.58. The molecule has 0 aliphatic carbocycles. The third kappa shape index (κ3) is 3.29. The summed E-state index contributed by atoms with van der Waals surface area (Å²) < 4.78 is 11.7. The molecule has 0 aromatic heterocycles. The minimum atomic E-state index is -0.279. The van der Waals surface area contributed by atoms with Crippen molar-refractivity contribution < 1.29 is 19.1 Å². The second kappa shape index (κ2) is 6.89. The van der Waals surface area contributed by atoms with Crippen LogP contribution in [0.4, 0.5) is 10.5 Å². The van der Waals surface area contributed by atoms with Gasteiger partial charge >= 0.3 is 6.03 Å². The van der Waals surface area contributed by atoms with Crippen molar-refractivity contribution in [1.82, 2.24) is 10.2 Å². The van der Waals surface area contributed by atoms with Crippen molar-refractivity contribution in [2.75, 3.05) is 44.3 Å². The molecule has 1 spiro atoms. The van der Waals surface area contributed by atoms with Gasteiger partial charge in [-0.3, -0.25) is 9.69 Å². The monoisotopic (exact) mass is 359 g/mol. The average Bonchev–Trinajstić information content (AvgIpc) is 3.07. The van der Waals surface area contributed by atoms with E-state index in [0.29, 0.717) is 45.0 Å². The zero-order valence-corrected chi connectivity index (χ0v) is 15.1. The fourth-order valence-corrected chi connectivity index (χ4v) is 4.08. The van der Waals surface area contributed by atoms with Gasteiger partial charge in [0.05, 0.1) is 18.2 Å². The van der Waals surface area contributed by atoms with Crippen molar-refractivity contribution in [2.24, 2.45) is 0 Å². The molecule has 1 unspecified atom stereocenters. The highest BCUT2D eigenvalue weighted by molar-refractivity contribution is 5.97. The predicted octanol–water partition coefficient (Wildman–Crippen LogP) is 1.63. The SMILES string of the molecule is CC1CN(C(=O)c2ccc(N3CCNC3=O)cc2)CC2(CCOCC2)O1. The number of hydrogen-bond donors (Lipinski definition) is 1. The van der Waals surface area contributed by atoms with Crippen molar-refractivity contribution >= 4 is 17.6 Å². The maximum absolute atomic E-state index is 13.0. The Morgan fingerprint density at radius 2 is 1.96 bits per heavy atom. The Bertz CT molecular complexity index is 685. The average molecular weight is 359 g/mol. The summed E-state index contributed by atoms with van der Waals surface area (Å²) >= 11 is 0. The van der Waals surface area contributed by atoms with Crippen LogP contribution in [0, 0.1) is 0 Å². The Balaban J connectivity index is 1.48. The van der Waals surface area contributed by atoms with E-state index in [4.69, 9.17) is 9.47 Å². The molecule has 7 heteroatoms. The quantitative estimate of drug-likeness (QED) is 0.871. The van der Waals surface area contributed by atoms with Crippen LogP contribution < -0.4 is 10.2 Å². The normalized spacial score (nSPS) is 25.4. The van der Waals surface area contributed by atoms with E-state index < -0.39 is 0 Å². The maximum Gasteiger partial charge on any atom is 0.321 e. The maximum atomic E-state index is 13.0. The van der Waals surface area contributed by atoms with Gasteiger partial charge in [0, 0.05) is 56.9 Å². The van der Waals surface area contributed by atoms with Crippen molar-refractivity contribution in [2.45, 2.75) is 31.5 Å². The first-order valence-electron chi connectivity index (χ1n) is 9.27. The number of morpholine rings is 1. The van der Waals surface area contributed by atoms with E-state index >= 15 is 0 Å². The van der Waals surface area contributed by atoms with Crippen LogP contribution in [0.2, 0.25) is 0 Å². The number of carbonyl (C=O) groups excluding carboxylic acids is 2.